The second-order valence-corrected chi connectivity index (χ2v) is 9.96. The van der Waals surface area contributed by atoms with E-state index in [9.17, 15) is 4.79 Å². The normalized spacial score (nSPS) is 12.1. The summed E-state index contributed by atoms with van der Waals surface area (Å²) in [4.78, 5) is 18.4. The van der Waals surface area contributed by atoms with Gasteiger partial charge in [-0.05, 0) is 67.5 Å². The van der Waals surface area contributed by atoms with Gasteiger partial charge >= 0.3 is 0 Å². The van der Waals surface area contributed by atoms with Crippen LogP contribution in [-0.2, 0) is 0 Å². The second kappa shape index (κ2) is 10.5. The van der Waals surface area contributed by atoms with Crippen LogP contribution in [0.1, 0.15) is 29.4 Å². The van der Waals surface area contributed by atoms with Crippen LogP contribution in [0.15, 0.2) is 89.9 Å². The first-order valence-corrected chi connectivity index (χ1v) is 13.4. The summed E-state index contributed by atoms with van der Waals surface area (Å²) in [7, 11) is 0. The molecule has 0 radical (unpaired) electrons. The summed E-state index contributed by atoms with van der Waals surface area (Å²) in [5.74, 6) is 1.34. The van der Waals surface area contributed by atoms with Crippen LogP contribution in [0.4, 0.5) is 0 Å². The summed E-state index contributed by atoms with van der Waals surface area (Å²) < 4.78 is 9.47. The quantitative estimate of drug-likeness (QED) is 0.275. The van der Waals surface area contributed by atoms with Gasteiger partial charge in [0.25, 0.3) is 5.56 Å². The molecule has 192 valence electrons. The fourth-order valence-corrected chi connectivity index (χ4v) is 5.25. The van der Waals surface area contributed by atoms with Gasteiger partial charge in [-0.1, -0.05) is 65.9 Å². The summed E-state index contributed by atoms with van der Waals surface area (Å²) in [6.45, 7) is 4.59. The van der Waals surface area contributed by atoms with Gasteiger partial charge < -0.3 is 4.74 Å². The van der Waals surface area contributed by atoms with E-state index in [0.29, 0.717) is 21.9 Å². The number of thiazole rings is 1. The molecule has 3 aromatic heterocycles. The van der Waals surface area contributed by atoms with Gasteiger partial charge in [-0.3, -0.25) is 4.79 Å². The largest absolute Gasteiger partial charge is 0.494 e. The molecule has 0 spiro atoms. The first-order chi connectivity index (χ1) is 19.1. The molecule has 0 saturated carbocycles. The Morgan fingerprint density at radius 3 is 2.44 bits per heavy atom. The van der Waals surface area contributed by atoms with Crippen molar-refractivity contribution in [3.05, 3.63) is 122 Å². The number of nitrogens with zero attached hydrogens (tertiary/aromatic N) is 5. The predicted octanol–water partition coefficient (Wildman–Crippen LogP) is 5.43. The fourth-order valence-electron chi connectivity index (χ4n) is 4.34. The number of aromatic nitrogens is 5. The molecule has 3 aromatic carbocycles. The van der Waals surface area contributed by atoms with Crippen LogP contribution in [0.3, 0.4) is 0 Å². The number of benzene rings is 3. The SMILES string of the molecule is CCOc1ccc(-c2nn(-c3ccccc3)cc2C=c2sc3nc(C=Cc4ccccc4)nn3c2=O)cc1C. The minimum absolute atomic E-state index is 0.205. The molecule has 0 aliphatic rings. The number of aryl methyl sites for hydroxylation is 1. The van der Waals surface area contributed by atoms with E-state index < -0.39 is 0 Å². The molecule has 8 heteroatoms. The fraction of sp³-hybridized carbons (Fsp3) is 0.0968. The zero-order valence-electron chi connectivity index (χ0n) is 21.5. The highest BCUT2D eigenvalue weighted by Crippen LogP contribution is 2.29. The van der Waals surface area contributed by atoms with Gasteiger partial charge in [0, 0.05) is 17.3 Å². The first-order valence-electron chi connectivity index (χ1n) is 12.6. The maximum absolute atomic E-state index is 13.3. The molecule has 0 atom stereocenters. The molecule has 0 bridgehead atoms. The molecule has 39 heavy (non-hydrogen) atoms. The molecule has 6 rings (SSSR count). The Hall–Kier alpha value is -4.82. The number of para-hydroxylation sites is 1. The van der Waals surface area contributed by atoms with E-state index in [1.165, 1.54) is 15.9 Å². The molecule has 6 aromatic rings. The molecule has 3 heterocycles. The van der Waals surface area contributed by atoms with Crippen molar-refractivity contribution in [3.63, 3.8) is 0 Å². The van der Waals surface area contributed by atoms with E-state index in [2.05, 4.69) is 16.1 Å². The molecule has 0 fully saturated rings. The van der Waals surface area contributed by atoms with E-state index in [0.717, 1.165) is 39.4 Å². The lowest BCUT2D eigenvalue weighted by molar-refractivity contribution is 0.338. The minimum Gasteiger partial charge on any atom is -0.494 e. The molecule has 0 unspecified atom stereocenters. The third-order valence-electron chi connectivity index (χ3n) is 6.22. The Morgan fingerprint density at radius 1 is 0.949 bits per heavy atom. The van der Waals surface area contributed by atoms with Crippen molar-refractivity contribution in [3.8, 4) is 22.7 Å². The van der Waals surface area contributed by atoms with Gasteiger partial charge in [-0.2, -0.15) is 14.6 Å². The van der Waals surface area contributed by atoms with Crippen LogP contribution in [-0.4, -0.2) is 31.0 Å². The number of hydrogen-bond acceptors (Lipinski definition) is 6. The van der Waals surface area contributed by atoms with Crippen molar-refractivity contribution in [2.24, 2.45) is 0 Å². The molecule has 0 saturated heterocycles. The van der Waals surface area contributed by atoms with Crippen molar-refractivity contribution in [1.29, 1.82) is 0 Å². The maximum Gasteiger partial charge on any atom is 0.291 e. The van der Waals surface area contributed by atoms with Crippen LogP contribution >= 0.6 is 11.3 Å². The van der Waals surface area contributed by atoms with Crippen molar-refractivity contribution in [2.75, 3.05) is 6.61 Å². The number of ether oxygens (including phenoxy) is 1. The first kappa shape index (κ1) is 24.5. The molecule has 0 amide bonds. The third-order valence-corrected chi connectivity index (χ3v) is 7.18. The summed E-state index contributed by atoms with van der Waals surface area (Å²) in [6.07, 6.45) is 7.56. The van der Waals surface area contributed by atoms with E-state index in [1.807, 2.05) is 116 Å². The van der Waals surface area contributed by atoms with E-state index >= 15 is 0 Å². The minimum atomic E-state index is -0.205. The van der Waals surface area contributed by atoms with Crippen LogP contribution in [0.25, 0.3) is 40.1 Å². The van der Waals surface area contributed by atoms with Gasteiger partial charge in [-0.25, -0.2) is 4.68 Å². The van der Waals surface area contributed by atoms with Crippen molar-refractivity contribution >= 4 is 34.5 Å². The molecule has 7 nitrogen and oxygen atoms in total. The standard InChI is InChI=1S/C31H25N5O2S/c1-3-38-26-16-15-23(18-21(26)2)29-24(20-35(34-29)25-12-8-5-9-13-25)19-27-30(37)36-31(39-27)32-28(33-36)17-14-22-10-6-4-7-11-22/h4-20H,3H2,1-2H3. The third kappa shape index (κ3) is 5.02. The molecule has 0 N–H and O–H groups in total. The monoisotopic (exact) mass is 531 g/mol. The van der Waals surface area contributed by atoms with E-state index in [4.69, 9.17) is 9.84 Å². The number of fused-ring (bicyclic) bond motifs is 1. The number of rotatable bonds is 7. The van der Waals surface area contributed by atoms with Gasteiger partial charge in [-0.15, -0.1) is 5.10 Å². The Morgan fingerprint density at radius 2 is 1.72 bits per heavy atom. The topological polar surface area (TPSA) is 74.3 Å². The zero-order chi connectivity index (χ0) is 26.8. The lowest BCUT2D eigenvalue weighted by Gasteiger charge is -2.08. The summed E-state index contributed by atoms with van der Waals surface area (Å²) >= 11 is 1.31. The van der Waals surface area contributed by atoms with Crippen LogP contribution < -0.4 is 14.8 Å². The Labute approximate surface area is 229 Å². The van der Waals surface area contributed by atoms with E-state index in [1.54, 1.807) is 0 Å². The molecule has 0 aliphatic carbocycles. The van der Waals surface area contributed by atoms with Gasteiger partial charge in [0.05, 0.1) is 16.8 Å². The van der Waals surface area contributed by atoms with Gasteiger partial charge in [0.1, 0.15) is 11.4 Å². The van der Waals surface area contributed by atoms with Crippen LogP contribution in [0.5, 0.6) is 5.75 Å². The van der Waals surface area contributed by atoms with Crippen LogP contribution in [0.2, 0.25) is 0 Å². The van der Waals surface area contributed by atoms with Gasteiger partial charge in [0.2, 0.25) is 4.96 Å². The highest BCUT2D eigenvalue weighted by Gasteiger charge is 2.15. The molecular weight excluding hydrogens is 506 g/mol. The Kier molecular flexibility index (Phi) is 6.61. The Balaban J connectivity index is 1.42. The highest BCUT2D eigenvalue weighted by molar-refractivity contribution is 7.15. The second-order valence-electron chi connectivity index (χ2n) is 8.95. The van der Waals surface area contributed by atoms with Gasteiger partial charge in [0.15, 0.2) is 5.82 Å². The summed E-state index contributed by atoms with van der Waals surface area (Å²) in [5, 5.41) is 9.33. The smallest absolute Gasteiger partial charge is 0.291 e. The summed E-state index contributed by atoms with van der Waals surface area (Å²) in [5.41, 5.74) is 5.33. The Bertz CT molecular complexity index is 1900. The average molecular weight is 532 g/mol. The lowest BCUT2D eigenvalue weighted by atomic mass is 10.0. The van der Waals surface area contributed by atoms with Crippen LogP contribution in [0, 0.1) is 6.92 Å². The average Bonchev–Trinajstić information content (AvgIpc) is 3.65. The highest BCUT2D eigenvalue weighted by atomic mass is 32.1. The maximum atomic E-state index is 13.3. The number of hydrogen-bond donors (Lipinski definition) is 0. The predicted molar refractivity (Wildman–Crippen MR) is 156 cm³/mol. The van der Waals surface area contributed by atoms with Crippen molar-refractivity contribution < 1.29 is 4.74 Å². The molecular formula is C31H25N5O2S. The van der Waals surface area contributed by atoms with Crippen molar-refractivity contribution in [2.45, 2.75) is 13.8 Å². The zero-order valence-corrected chi connectivity index (χ0v) is 22.3. The molecule has 0 aliphatic heterocycles. The van der Waals surface area contributed by atoms with E-state index in [-0.39, 0.29) is 5.56 Å². The summed E-state index contributed by atoms with van der Waals surface area (Å²) in [6, 6.07) is 25.8. The lowest BCUT2D eigenvalue weighted by Crippen LogP contribution is -2.23. The van der Waals surface area contributed by atoms with Crippen molar-refractivity contribution in [1.82, 2.24) is 24.4 Å².